The molecule has 1 aliphatic heterocycles. The van der Waals surface area contributed by atoms with E-state index < -0.39 is 0 Å². The fourth-order valence-corrected chi connectivity index (χ4v) is 2.95. The number of amides is 1. The third-order valence-electron chi connectivity index (χ3n) is 3.22. The summed E-state index contributed by atoms with van der Waals surface area (Å²) in [5, 5.41) is 1.99. The molecule has 2 N–H and O–H groups in total. The molecule has 0 spiro atoms. The van der Waals surface area contributed by atoms with Crippen LogP contribution < -0.4 is 10.6 Å². The van der Waals surface area contributed by atoms with Gasteiger partial charge in [-0.3, -0.25) is 4.79 Å². The first-order valence-corrected chi connectivity index (χ1v) is 7.04. The van der Waals surface area contributed by atoms with Crippen molar-refractivity contribution in [1.82, 2.24) is 0 Å². The Balaban J connectivity index is 1.84. The first-order chi connectivity index (χ1) is 9.25. The largest absolute Gasteiger partial charge is 0.397 e. The number of carbonyl (C=O) groups is 1. The Morgan fingerprint density at radius 2 is 2.21 bits per heavy atom. The summed E-state index contributed by atoms with van der Waals surface area (Å²) in [7, 11) is 0. The van der Waals surface area contributed by atoms with Crippen LogP contribution in [0.2, 0.25) is 0 Å². The van der Waals surface area contributed by atoms with E-state index >= 15 is 0 Å². The molecule has 96 valence electrons. The normalized spacial score (nSPS) is 14.0. The van der Waals surface area contributed by atoms with Crippen LogP contribution in [-0.2, 0) is 11.2 Å². The SMILES string of the molecule is Nc1cccc2c1N(C(=O)/C=C/c1cccs1)CC2. The number of nitrogen functional groups attached to an aromatic ring is 1. The fraction of sp³-hybridized carbons (Fsp3) is 0.133. The van der Waals surface area contributed by atoms with Crippen LogP contribution in [0.25, 0.3) is 6.08 Å². The van der Waals surface area contributed by atoms with E-state index in [-0.39, 0.29) is 5.91 Å². The molecule has 0 bridgehead atoms. The van der Waals surface area contributed by atoms with Gasteiger partial charge in [-0.05, 0) is 35.6 Å². The van der Waals surface area contributed by atoms with Crippen molar-refractivity contribution >= 4 is 34.7 Å². The summed E-state index contributed by atoms with van der Waals surface area (Å²) >= 11 is 1.61. The molecule has 3 rings (SSSR count). The second-order valence-corrected chi connectivity index (χ2v) is 5.42. The van der Waals surface area contributed by atoms with Crippen LogP contribution >= 0.6 is 11.3 Å². The molecule has 4 heteroatoms. The quantitative estimate of drug-likeness (QED) is 0.673. The molecule has 19 heavy (non-hydrogen) atoms. The maximum absolute atomic E-state index is 12.2. The van der Waals surface area contributed by atoms with Crippen LogP contribution in [0.5, 0.6) is 0 Å². The van der Waals surface area contributed by atoms with Crippen LogP contribution in [0.4, 0.5) is 11.4 Å². The van der Waals surface area contributed by atoms with E-state index in [9.17, 15) is 4.79 Å². The van der Waals surface area contributed by atoms with Crippen molar-refractivity contribution < 1.29 is 4.79 Å². The number of hydrogen-bond acceptors (Lipinski definition) is 3. The molecule has 0 atom stereocenters. The van der Waals surface area contributed by atoms with E-state index in [1.165, 1.54) is 0 Å². The minimum atomic E-state index is -0.00921. The molecule has 0 fully saturated rings. The van der Waals surface area contributed by atoms with Gasteiger partial charge in [0.05, 0.1) is 11.4 Å². The van der Waals surface area contributed by atoms with Gasteiger partial charge in [-0.25, -0.2) is 0 Å². The standard InChI is InChI=1S/C15H14N2OS/c16-13-5-1-3-11-8-9-17(15(11)13)14(18)7-6-12-4-2-10-19-12/h1-7,10H,8-9,16H2/b7-6+. The first-order valence-electron chi connectivity index (χ1n) is 6.16. The minimum absolute atomic E-state index is 0.00921. The number of anilines is 2. The molecule has 0 aliphatic carbocycles. The van der Waals surface area contributed by atoms with Gasteiger partial charge in [-0.1, -0.05) is 18.2 Å². The minimum Gasteiger partial charge on any atom is -0.397 e. The topological polar surface area (TPSA) is 46.3 Å². The van der Waals surface area contributed by atoms with Gasteiger partial charge >= 0.3 is 0 Å². The zero-order valence-corrected chi connectivity index (χ0v) is 11.2. The second-order valence-electron chi connectivity index (χ2n) is 4.44. The number of carbonyl (C=O) groups excluding carboxylic acids is 1. The Hall–Kier alpha value is -2.07. The molecule has 0 saturated carbocycles. The van der Waals surface area contributed by atoms with E-state index in [1.807, 2.05) is 41.8 Å². The lowest BCUT2D eigenvalue weighted by Gasteiger charge is -2.16. The fourth-order valence-electron chi connectivity index (χ4n) is 2.34. The molecular weight excluding hydrogens is 256 g/mol. The second kappa shape index (κ2) is 4.90. The number of hydrogen-bond donors (Lipinski definition) is 1. The highest BCUT2D eigenvalue weighted by molar-refractivity contribution is 7.10. The van der Waals surface area contributed by atoms with Crippen molar-refractivity contribution in [2.24, 2.45) is 0 Å². The van der Waals surface area contributed by atoms with E-state index in [1.54, 1.807) is 22.3 Å². The van der Waals surface area contributed by atoms with Crippen molar-refractivity contribution in [2.45, 2.75) is 6.42 Å². The number of benzene rings is 1. The van der Waals surface area contributed by atoms with Gasteiger partial charge in [0, 0.05) is 17.5 Å². The summed E-state index contributed by atoms with van der Waals surface area (Å²) < 4.78 is 0. The molecule has 1 aromatic heterocycles. The van der Waals surface area contributed by atoms with Crippen LogP contribution in [0.1, 0.15) is 10.4 Å². The maximum Gasteiger partial charge on any atom is 0.251 e. The third-order valence-corrected chi connectivity index (χ3v) is 4.06. The number of nitrogens with two attached hydrogens (primary N) is 1. The molecular formula is C15H14N2OS. The van der Waals surface area contributed by atoms with Gasteiger partial charge in [0.25, 0.3) is 5.91 Å². The van der Waals surface area contributed by atoms with E-state index in [2.05, 4.69) is 0 Å². The van der Waals surface area contributed by atoms with E-state index in [4.69, 9.17) is 5.73 Å². The molecule has 0 unspecified atom stereocenters. The van der Waals surface area contributed by atoms with E-state index in [0.717, 1.165) is 22.5 Å². The van der Waals surface area contributed by atoms with Crippen LogP contribution in [0, 0.1) is 0 Å². The summed E-state index contributed by atoms with van der Waals surface area (Å²) in [6, 6.07) is 9.76. The average molecular weight is 270 g/mol. The van der Waals surface area contributed by atoms with Crippen LogP contribution in [0.15, 0.2) is 41.8 Å². The van der Waals surface area contributed by atoms with Gasteiger partial charge in [0.1, 0.15) is 0 Å². The summed E-state index contributed by atoms with van der Waals surface area (Å²) in [6.07, 6.45) is 4.34. The number of para-hydroxylation sites is 1. The van der Waals surface area contributed by atoms with Crippen molar-refractivity contribution in [2.75, 3.05) is 17.2 Å². The lowest BCUT2D eigenvalue weighted by atomic mass is 10.1. The lowest BCUT2D eigenvalue weighted by molar-refractivity contribution is -0.114. The van der Waals surface area contributed by atoms with Crippen molar-refractivity contribution in [3.05, 3.63) is 52.2 Å². The third kappa shape index (κ3) is 2.27. The van der Waals surface area contributed by atoms with Crippen molar-refractivity contribution in [3.63, 3.8) is 0 Å². The molecule has 2 aromatic rings. The van der Waals surface area contributed by atoms with Gasteiger partial charge in [0.15, 0.2) is 0 Å². The Morgan fingerprint density at radius 3 is 3.00 bits per heavy atom. The monoisotopic (exact) mass is 270 g/mol. The molecule has 0 radical (unpaired) electrons. The first kappa shape index (κ1) is 12.0. The molecule has 1 aliphatic rings. The van der Waals surface area contributed by atoms with Gasteiger partial charge in [-0.15, -0.1) is 11.3 Å². The zero-order valence-electron chi connectivity index (χ0n) is 10.4. The van der Waals surface area contributed by atoms with Crippen LogP contribution in [-0.4, -0.2) is 12.5 Å². The highest BCUT2D eigenvalue weighted by Gasteiger charge is 2.24. The Labute approximate surface area is 116 Å². The predicted molar refractivity (Wildman–Crippen MR) is 80.3 cm³/mol. The summed E-state index contributed by atoms with van der Waals surface area (Å²) in [5.74, 6) is -0.00921. The molecule has 0 saturated heterocycles. The summed E-state index contributed by atoms with van der Waals surface area (Å²) in [6.45, 7) is 0.706. The molecule has 2 heterocycles. The van der Waals surface area contributed by atoms with Crippen LogP contribution in [0.3, 0.4) is 0 Å². The average Bonchev–Trinajstić information content (AvgIpc) is 3.05. The van der Waals surface area contributed by atoms with Gasteiger partial charge in [-0.2, -0.15) is 0 Å². The summed E-state index contributed by atoms with van der Waals surface area (Å²) in [4.78, 5) is 15.1. The predicted octanol–water partition coefficient (Wildman–Crippen LogP) is 2.93. The number of nitrogens with zero attached hydrogens (tertiary/aromatic N) is 1. The van der Waals surface area contributed by atoms with E-state index in [0.29, 0.717) is 12.2 Å². The number of fused-ring (bicyclic) bond motifs is 1. The molecule has 1 aromatic carbocycles. The number of thiophene rings is 1. The van der Waals surface area contributed by atoms with Gasteiger partial charge in [0.2, 0.25) is 0 Å². The Morgan fingerprint density at radius 1 is 1.32 bits per heavy atom. The Kier molecular flexibility index (Phi) is 3.09. The highest BCUT2D eigenvalue weighted by Crippen LogP contribution is 2.33. The number of rotatable bonds is 2. The Bertz CT molecular complexity index is 632. The molecule has 3 nitrogen and oxygen atoms in total. The zero-order chi connectivity index (χ0) is 13.2. The highest BCUT2D eigenvalue weighted by atomic mass is 32.1. The van der Waals surface area contributed by atoms with Crippen molar-refractivity contribution in [1.29, 1.82) is 0 Å². The molecule has 1 amide bonds. The smallest absolute Gasteiger partial charge is 0.251 e. The van der Waals surface area contributed by atoms with Crippen molar-refractivity contribution in [3.8, 4) is 0 Å². The maximum atomic E-state index is 12.2. The van der Waals surface area contributed by atoms with Gasteiger partial charge < -0.3 is 10.6 Å². The summed E-state index contributed by atoms with van der Waals surface area (Å²) in [5.41, 5.74) is 8.68. The lowest BCUT2D eigenvalue weighted by Crippen LogP contribution is -2.27.